The van der Waals surface area contributed by atoms with Gasteiger partial charge in [-0.15, -0.1) is 10.2 Å². The largest absolute Gasteiger partial charge is 0.495 e. The first-order valence-corrected chi connectivity index (χ1v) is 9.17. The number of hydrogen-bond acceptors (Lipinski definition) is 5. The van der Waals surface area contributed by atoms with E-state index in [1.54, 1.807) is 30.5 Å². The molecule has 0 unspecified atom stereocenters. The summed E-state index contributed by atoms with van der Waals surface area (Å²) in [7, 11) is 1.50. The van der Waals surface area contributed by atoms with E-state index < -0.39 is 11.7 Å². The van der Waals surface area contributed by atoms with Crippen molar-refractivity contribution in [3.8, 4) is 17.0 Å². The predicted octanol–water partition coefficient (Wildman–Crippen LogP) is 4.49. The van der Waals surface area contributed by atoms with Gasteiger partial charge in [0.25, 0.3) is 0 Å². The van der Waals surface area contributed by atoms with Crippen molar-refractivity contribution < 1.29 is 13.5 Å². The molecule has 5 aromatic rings. The Kier molecular flexibility index (Phi) is 4.13. The lowest BCUT2D eigenvalue weighted by molar-refractivity contribution is 0.0307. The summed E-state index contributed by atoms with van der Waals surface area (Å²) in [5.41, 5.74) is 1.96. The molecule has 5 rings (SSSR count). The topological polar surface area (TPSA) is 65.2 Å². The highest BCUT2D eigenvalue weighted by Crippen LogP contribution is 2.36. The quantitative estimate of drug-likeness (QED) is 0.442. The van der Waals surface area contributed by atoms with E-state index in [2.05, 4.69) is 20.3 Å². The smallest absolute Gasteiger partial charge is 0.333 e. The van der Waals surface area contributed by atoms with Crippen molar-refractivity contribution in [2.75, 3.05) is 7.11 Å². The van der Waals surface area contributed by atoms with Gasteiger partial charge in [-0.2, -0.15) is 18.4 Å². The molecular weight excluding hydrogens is 388 g/mol. The number of rotatable bonds is 4. The first-order valence-electron chi connectivity index (χ1n) is 9.17. The number of nitrogens with zero attached hydrogens (tertiary/aromatic N) is 5. The van der Waals surface area contributed by atoms with Crippen molar-refractivity contribution in [1.82, 2.24) is 24.8 Å². The van der Waals surface area contributed by atoms with Crippen LogP contribution in [0, 0.1) is 0 Å². The number of benzene rings is 2. The maximum atomic E-state index is 15.5. The van der Waals surface area contributed by atoms with E-state index in [-0.39, 0.29) is 11.2 Å². The number of methoxy groups -OCH3 is 1. The Balaban J connectivity index is 1.64. The van der Waals surface area contributed by atoms with Gasteiger partial charge in [0.2, 0.25) is 5.82 Å². The molecule has 30 heavy (non-hydrogen) atoms. The number of ether oxygens (including phenoxy) is 1. The molecule has 0 saturated heterocycles. The van der Waals surface area contributed by atoms with E-state index in [9.17, 15) is 0 Å². The third kappa shape index (κ3) is 2.93. The first-order chi connectivity index (χ1) is 14.6. The zero-order chi connectivity index (χ0) is 20.7. The van der Waals surface area contributed by atoms with E-state index in [1.807, 2.05) is 30.3 Å². The zero-order valence-electron chi connectivity index (χ0n) is 15.8. The SMILES string of the molecule is COc1cnc2ccc(C(F)(F)c3nnc4ccc(-c5ccccc5)nn34)cc2c1. The summed E-state index contributed by atoms with van der Waals surface area (Å²) in [5, 5.41) is 12.5. The molecule has 0 aliphatic rings. The summed E-state index contributed by atoms with van der Waals surface area (Å²) in [6.45, 7) is 0. The summed E-state index contributed by atoms with van der Waals surface area (Å²) < 4.78 is 37.2. The summed E-state index contributed by atoms with van der Waals surface area (Å²) in [5.74, 6) is -3.48. The number of fused-ring (bicyclic) bond motifs is 2. The van der Waals surface area contributed by atoms with Gasteiger partial charge in [0.15, 0.2) is 5.65 Å². The molecule has 3 aromatic heterocycles. The van der Waals surface area contributed by atoms with E-state index in [0.717, 1.165) is 10.1 Å². The molecular formula is C22H15F2N5O. The summed E-state index contributed by atoms with van der Waals surface area (Å²) in [6.07, 6.45) is 1.54. The fraction of sp³-hybridized carbons (Fsp3) is 0.0909. The monoisotopic (exact) mass is 403 g/mol. The van der Waals surface area contributed by atoms with Crippen LogP contribution in [-0.2, 0) is 5.92 Å². The van der Waals surface area contributed by atoms with Crippen molar-refractivity contribution in [2.24, 2.45) is 0 Å². The fourth-order valence-corrected chi connectivity index (χ4v) is 3.29. The van der Waals surface area contributed by atoms with E-state index in [0.29, 0.717) is 22.3 Å². The zero-order valence-corrected chi connectivity index (χ0v) is 15.8. The Morgan fingerprint density at radius 2 is 1.77 bits per heavy atom. The lowest BCUT2D eigenvalue weighted by Crippen LogP contribution is -2.20. The number of alkyl halides is 2. The van der Waals surface area contributed by atoms with Crippen LogP contribution in [-0.4, -0.2) is 31.9 Å². The van der Waals surface area contributed by atoms with Gasteiger partial charge in [0.1, 0.15) is 5.75 Å². The van der Waals surface area contributed by atoms with Gasteiger partial charge in [0.05, 0.1) is 24.5 Å². The van der Waals surface area contributed by atoms with Crippen LogP contribution in [0.5, 0.6) is 5.75 Å². The summed E-state index contributed by atoms with van der Waals surface area (Å²) in [6, 6.07) is 18.6. The number of pyridine rings is 1. The van der Waals surface area contributed by atoms with Crippen LogP contribution in [0.2, 0.25) is 0 Å². The molecule has 0 aliphatic carbocycles. The average Bonchev–Trinajstić information content (AvgIpc) is 3.23. The predicted molar refractivity (Wildman–Crippen MR) is 108 cm³/mol. The van der Waals surface area contributed by atoms with Crippen molar-refractivity contribution in [2.45, 2.75) is 5.92 Å². The number of hydrogen-bond donors (Lipinski definition) is 0. The molecule has 0 fully saturated rings. The maximum Gasteiger partial charge on any atom is 0.333 e. The number of halogens is 2. The lowest BCUT2D eigenvalue weighted by Gasteiger charge is -2.15. The van der Waals surface area contributed by atoms with Crippen LogP contribution < -0.4 is 4.74 Å². The molecule has 3 heterocycles. The maximum absolute atomic E-state index is 15.5. The first kappa shape index (κ1) is 18.1. The lowest BCUT2D eigenvalue weighted by atomic mass is 10.0. The normalized spacial score (nSPS) is 11.8. The Hall–Kier alpha value is -3.94. The van der Waals surface area contributed by atoms with Crippen LogP contribution >= 0.6 is 0 Å². The summed E-state index contributed by atoms with van der Waals surface area (Å²) in [4.78, 5) is 4.22. The van der Waals surface area contributed by atoms with Crippen molar-refractivity contribution in [1.29, 1.82) is 0 Å². The minimum absolute atomic E-state index is 0.230. The molecule has 8 heteroatoms. The molecule has 6 nitrogen and oxygen atoms in total. The van der Waals surface area contributed by atoms with Crippen molar-refractivity contribution in [3.05, 3.63) is 84.3 Å². The highest BCUT2D eigenvalue weighted by Gasteiger charge is 2.40. The van der Waals surface area contributed by atoms with Gasteiger partial charge in [-0.25, -0.2) is 0 Å². The third-order valence-electron chi connectivity index (χ3n) is 4.87. The highest BCUT2D eigenvalue weighted by molar-refractivity contribution is 5.80. The standard InChI is InChI=1S/C22H15F2N5O/c1-30-17-12-15-11-16(7-8-18(15)25-13-17)22(23,24)21-27-26-20-10-9-19(28-29(20)21)14-5-3-2-4-6-14/h2-13H,1H3. The van der Waals surface area contributed by atoms with Gasteiger partial charge in [0, 0.05) is 16.5 Å². The van der Waals surface area contributed by atoms with Crippen LogP contribution in [0.1, 0.15) is 11.4 Å². The molecule has 0 atom stereocenters. The summed E-state index contributed by atoms with van der Waals surface area (Å²) >= 11 is 0. The van der Waals surface area contributed by atoms with E-state index >= 15 is 8.78 Å². The second-order valence-electron chi connectivity index (χ2n) is 6.74. The Bertz CT molecular complexity index is 1370. The van der Waals surface area contributed by atoms with Crippen LogP contribution in [0.25, 0.3) is 27.8 Å². The van der Waals surface area contributed by atoms with Crippen molar-refractivity contribution in [3.63, 3.8) is 0 Å². The molecule has 0 radical (unpaired) electrons. The number of aromatic nitrogens is 5. The van der Waals surface area contributed by atoms with E-state index in [4.69, 9.17) is 4.74 Å². The Labute approximate surface area is 169 Å². The minimum Gasteiger partial charge on any atom is -0.495 e. The van der Waals surface area contributed by atoms with Gasteiger partial charge >= 0.3 is 5.92 Å². The van der Waals surface area contributed by atoms with Gasteiger partial charge < -0.3 is 4.74 Å². The molecule has 0 saturated carbocycles. The van der Waals surface area contributed by atoms with E-state index in [1.165, 1.54) is 19.2 Å². The Morgan fingerprint density at radius 3 is 2.57 bits per heavy atom. The molecule has 0 spiro atoms. The molecule has 0 amide bonds. The van der Waals surface area contributed by atoms with Gasteiger partial charge in [-0.1, -0.05) is 36.4 Å². The van der Waals surface area contributed by atoms with Gasteiger partial charge in [-0.05, 0) is 30.3 Å². The van der Waals surface area contributed by atoms with Crippen molar-refractivity contribution >= 4 is 16.6 Å². The second kappa shape index (κ2) is 6.84. The minimum atomic E-state index is -3.42. The molecule has 0 bridgehead atoms. The third-order valence-corrected chi connectivity index (χ3v) is 4.87. The fourth-order valence-electron chi connectivity index (χ4n) is 3.29. The molecule has 0 aliphatic heterocycles. The van der Waals surface area contributed by atoms with Crippen LogP contribution in [0.15, 0.2) is 72.9 Å². The average molecular weight is 403 g/mol. The molecule has 0 N–H and O–H groups in total. The second-order valence-corrected chi connectivity index (χ2v) is 6.74. The van der Waals surface area contributed by atoms with Gasteiger partial charge in [-0.3, -0.25) is 4.98 Å². The van der Waals surface area contributed by atoms with Crippen LogP contribution in [0.3, 0.4) is 0 Å². The Morgan fingerprint density at radius 1 is 0.933 bits per heavy atom. The molecule has 2 aromatic carbocycles. The molecule has 148 valence electrons. The van der Waals surface area contributed by atoms with Crippen LogP contribution in [0.4, 0.5) is 8.78 Å². The highest BCUT2D eigenvalue weighted by atomic mass is 19.3.